The zero-order valence-corrected chi connectivity index (χ0v) is 13.9. The highest BCUT2D eigenvalue weighted by Crippen LogP contribution is 2.30. The number of rotatable bonds is 7. The first kappa shape index (κ1) is 16.8. The number of carbonyl (C=O) groups excluding carboxylic acids is 1. The van der Waals surface area contributed by atoms with Crippen LogP contribution in [-0.4, -0.2) is 43.5 Å². The molecule has 1 aromatic rings. The van der Waals surface area contributed by atoms with Crippen molar-refractivity contribution in [3.8, 4) is 11.5 Å². The number of hydrogen-bond donors (Lipinski definition) is 0. The van der Waals surface area contributed by atoms with Gasteiger partial charge in [-0.2, -0.15) is 0 Å². The van der Waals surface area contributed by atoms with Crippen LogP contribution in [0.3, 0.4) is 0 Å². The Morgan fingerprint density at radius 2 is 2.00 bits per heavy atom. The summed E-state index contributed by atoms with van der Waals surface area (Å²) < 4.78 is 11.1. The molecule has 1 aliphatic heterocycles. The minimum absolute atomic E-state index is 0.541. The third-order valence-electron chi connectivity index (χ3n) is 4.54. The van der Waals surface area contributed by atoms with Crippen LogP contribution in [0.4, 0.5) is 0 Å². The second kappa shape index (κ2) is 8.18. The third kappa shape index (κ3) is 4.01. The van der Waals surface area contributed by atoms with Gasteiger partial charge in [0.1, 0.15) is 0 Å². The molecule has 122 valence electrons. The number of benzene rings is 1. The molecule has 1 fully saturated rings. The van der Waals surface area contributed by atoms with Crippen molar-refractivity contribution in [3.63, 3.8) is 0 Å². The second-order valence-electron chi connectivity index (χ2n) is 6.07. The quantitative estimate of drug-likeness (QED) is 0.570. The molecule has 1 saturated heterocycles. The first-order valence-corrected chi connectivity index (χ1v) is 8.18. The van der Waals surface area contributed by atoms with E-state index in [0.717, 1.165) is 19.3 Å². The van der Waals surface area contributed by atoms with E-state index in [1.54, 1.807) is 19.2 Å². The van der Waals surface area contributed by atoms with Gasteiger partial charge < -0.3 is 9.47 Å². The first-order chi connectivity index (χ1) is 10.7. The van der Waals surface area contributed by atoms with Crippen LogP contribution in [0.15, 0.2) is 18.2 Å². The normalized spacial score (nSPS) is 22.3. The molecule has 1 heterocycles. The van der Waals surface area contributed by atoms with Gasteiger partial charge in [0.05, 0.1) is 19.3 Å². The largest absolute Gasteiger partial charge is 0.493 e. The van der Waals surface area contributed by atoms with Crippen LogP contribution in [0.1, 0.15) is 49.9 Å². The van der Waals surface area contributed by atoms with Gasteiger partial charge in [-0.05, 0) is 45.2 Å². The van der Waals surface area contributed by atoms with E-state index >= 15 is 0 Å². The standard InChI is InChI=1S/C18H27NO3/c1-14-7-4-8-15(2)19(14)11-6-12-22-18-16(13-20)9-5-10-17(18)21-3/h5,9-10,13-15H,4,6-8,11-12H2,1-3H3. The predicted molar refractivity (Wildman–Crippen MR) is 88.0 cm³/mol. The van der Waals surface area contributed by atoms with E-state index in [1.165, 1.54) is 19.3 Å². The SMILES string of the molecule is COc1cccc(C=O)c1OCCCN1C(C)CCCC1C. The van der Waals surface area contributed by atoms with Gasteiger partial charge in [0, 0.05) is 18.6 Å². The molecular weight excluding hydrogens is 278 g/mol. The summed E-state index contributed by atoms with van der Waals surface area (Å²) in [4.78, 5) is 13.7. The van der Waals surface area contributed by atoms with Crippen LogP contribution in [0, 0.1) is 0 Å². The van der Waals surface area contributed by atoms with E-state index in [0.29, 0.717) is 35.8 Å². The maximum Gasteiger partial charge on any atom is 0.171 e. The lowest BCUT2D eigenvalue weighted by molar-refractivity contribution is 0.0957. The van der Waals surface area contributed by atoms with Crippen molar-refractivity contribution >= 4 is 6.29 Å². The van der Waals surface area contributed by atoms with Gasteiger partial charge in [-0.15, -0.1) is 0 Å². The summed E-state index contributed by atoms with van der Waals surface area (Å²) in [5.74, 6) is 1.17. The molecule has 2 unspecified atom stereocenters. The molecular formula is C18H27NO3. The topological polar surface area (TPSA) is 38.8 Å². The van der Waals surface area contributed by atoms with Crippen molar-refractivity contribution in [1.29, 1.82) is 0 Å². The zero-order chi connectivity index (χ0) is 15.9. The van der Waals surface area contributed by atoms with Gasteiger partial charge in [0.2, 0.25) is 0 Å². The molecule has 4 heteroatoms. The molecule has 1 aliphatic rings. The lowest BCUT2D eigenvalue weighted by Gasteiger charge is -2.39. The molecule has 0 radical (unpaired) electrons. The number of hydrogen-bond acceptors (Lipinski definition) is 4. The van der Waals surface area contributed by atoms with Crippen LogP contribution in [0.5, 0.6) is 11.5 Å². The number of para-hydroxylation sites is 1. The maximum absolute atomic E-state index is 11.1. The molecule has 0 spiro atoms. The predicted octanol–water partition coefficient (Wildman–Crippen LogP) is 3.54. The Bertz CT molecular complexity index is 479. The highest BCUT2D eigenvalue weighted by Gasteiger charge is 2.23. The molecule has 0 aromatic heterocycles. The fraction of sp³-hybridized carbons (Fsp3) is 0.611. The maximum atomic E-state index is 11.1. The molecule has 0 aliphatic carbocycles. The molecule has 22 heavy (non-hydrogen) atoms. The van der Waals surface area contributed by atoms with Crippen LogP contribution in [0.2, 0.25) is 0 Å². The zero-order valence-electron chi connectivity index (χ0n) is 13.9. The van der Waals surface area contributed by atoms with Crippen LogP contribution in [-0.2, 0) is 0 Å². The average Bonchev–Trinajstić information content (AvgIpc) is 2.53. The fourth-order valence-electron chi connectivity index (χ4n) is 3.28. The number of aldehydes is 1. The van der Waals surface area contributed by atoms with Crippen LogP contribution < -0.4 is 9.47 Å². The van der Waals surface area contributed by atoms with E-state index in [1.807, 2.05) is 6.07 Å². The number of carbonyl (C=O) groups is 1. The summed E-state index contributed by atoms with van der Waals surface area (Å²) >= 11 is 0. The summed E-state index contributed by atoms with van der Waals surface area (Å²) in [6.07, 6.45) is 5.66. The molecule has 0 N–H and O–H groups in total. The first-order valence-electron chi connectivity index (χ1n) is 8.18. The van der Waals surface area contributed by atoms with Gasteiger partial charge in [-0.25, -0.2) is 0 Å². The Kier molecular flexibility index (Phi) is 6.25. The Labute approximate surface area is 133 Å². The summed E-state index contributed by atoms with van der Waals surface area (Å²) in [5.41, 5.74) is 0.541. The monoisotopic (exact) mass is 305 g/mol. The van der Waals surface area contributed by atoms with E-state index < -0.39 is 0 Å². The summed E-state index contributed by atoms with van der Waals surface area (Å²) in [6.45, 7) is 6.24. The van der Waals surface area contributed by atoms with Crippen molar-refractivity contribution in [2.24, 2.45) is 0 Å². The Morgan fingerprint density at radius 1 is 1.27 bits per heavy atom. The van der Waals surface area contributed by atoms with Crippen molar-refractivity contribution in [1.82, 2.24) is 4.90 Å². The van der Waals surface area contributed by atoms with Crippen LogP contribution in [0.25, 0.3) is 0 Å². The average molecular weight is 305 g/mol. The summed E-state index contributed by atoms with van der Waals surface area (Å²) in [6, 6.07) is 6.67. The van der Waals surface area contributed by atoms with E-state index in [9.17, 15) is 4.79 Å². The lowest BCUT2D eigenvalue weighted by atomic mass is 9.97. The van der Waals surface area contributed by atoms with Gasteiger partial charge in [-0.1, -0.05) is 12.5 Å². The summed E-state index contributed by atoms with van der Waals surface area (Å²) in [7, 11) is 1.59. The van der Waals surface area contributed by atoms with Crippen molar-refractivity contribution < 1.29 is 14.3 Å². The van der Waals surface area contributed by atoms with Crippen LogP contribution >= 0.6 is 0 Å². The van der Waals surface area contributed by atoms with E-state index in [4.69, 9.17) is 9.47 Å². The number of piperidine rings is 1. The Hall–Kier alpha value is -1.55. The fourth-order valence-corrected chi connectivity index (χ4v) is 3.28. The Morgan fingerprint density at radius 3 is 2.64 bits per heavy atom. The molecule has 1 aromatic carbocycles. The minimum atomic E-state index is 0.541. The highest BCUT2D eigenvalue weighted by molar-refractivity contribution is 5.81. The van der Waals surface area contributed by atoms with E-state index in [2.05, 4.69) is 18.7 Å². The molecule has 2 atom stereocenters. The molecule has 0 bridgehead atoms. The lowest BCUT2D eigenvalue weighted by Crippen LogP contribution is -2.44. The Balaban J connectivity index is 1.87. The number of ether oxygens (including phenoxy) is 2. The van der Waals surface area contributed by atoms with Gasteiger partial charge in [0.15, 0.2) is 17.8 Å². The minimum Gasteiger partial charge on any atom is -0.493 e. The number of methoxy groups -OCH3 is 1. The molecule has 4 nitrogen and oxygen atoms in total. The highest BCUT2D eigenvalue weighted by atomic mass is 16.5. The summed E-state index contributed by atoms with van der Waals surface area (Å²) in [5, 5.41) is 0. The smallest absolute Gasteiger partial charge is 0.171 e. The second-order valence-corrected chi connectivity index (χ2v) is 6.07. The van der Waals surface area contributed by atoms with Gasteiger partial charge in [0.25, 0.3) is 0 Å². The number of nitrogens with zero attached hydrogens (tertiary/aromatic N) is 1. The third-order valence-corrected chi connectivity index (χ3v) is 4.54. The molecule has 0 amide bonds. The van der Waals surface area contributed by atoms with E-state index in [-0.39, 0.29) is 0 Å². The van der Waals surface area contributed by atoms with Gasteiger partial charge in [-0.3, -0.25) is 9.69 Å². The van der Waals surface area contributed by atoms with Crippen molar-refractivity contribution in [3.05, 3.63) is 23.8 Å². The van der Waals surface area contributed by atoms with Crippen molar-refractivity contribution in [2.75, 3.05) is 20.3 Å². The molecule has 2 rings (SSSR count). The van der Waals surface area contributed by atoms with Crippen molar-refractivity contribution in [2.45, 2.75) is 51.6 Å². The van der Waals surface area contributed by atoms with Gasteiger partial charge >= 0.3 is 0 Å². The molecule has 0 saturated carbocycles. The number of likely N-dealkylation sites (tertiary alicyclic amines) is 1.